The third-order valence-corrected chi connectivity index (χ3v) is 4.61. The van der Waals surface area contributed by atoms with Crippen molar-refractivity contribution in [2.75, 3.05) is 31.6 Å². The molecule has 1 saturated heterocycles. The van der Waals surface area contributed by atoms with Crippen LogP contribution in [-0.2, 0) is 4.84 Å². The molecule has 2 aromatic rings. The molecular formula is C20H22F3N3O3. The van der Waals surface area contributed by atoms with E-state index in [4.69, 9.17) is 4.84 Å². The molecule has 0 saturated carbocycles. The van der Waals surface area contributed by atoms with Crippen molar-refractivity contribution in [2.24, 2.45) is 0 Å². The van der Waals surface area contributed by atoms with Crippen molar-refractivity contribution in [1.29, 1.82) is 0 Å². The molecule has 2 aromatic carbocycles. The second-order valence-electron chi connectivity index (χ2n) is 7.03. The quantitative estimate of drug-likeness (QED) is 0.485. The third kappa shape index (κ3) is 4.52. The van der Waals surface area contributed by atoms with Gasteiger partial charge in [-0.2, -0.15) is 5.48 Å². The highest BCUT2D eigenvalue weighted by molar-refractivity contribution is 6.01. The molecule has 6 nitrogen and oxygen atoms in total. The monoisotopic (exact) mass is 409 g/mol. The Bertz CT molecular complexity index is 917. The number of benzene rings is 2. The number of nitrogens with one attached hydrogen (secondary N) is 2. The van der Waals surface area contributed by atoms with Crippen LogP contribution >= 0.6 is 0 Å². The van der Waals surface area contributed by atoms with Crippen LogP contribution in [0.5, 0.6) is 0 Å². The van der Waals surface area contributed by atoms with Crippen LogP contribution in [0.3, 0.4) is 0 Å². The van der Waals surface area contributed by atoms with Crippen molar-refractivity contribution >= 4 is 17.3 Å². The van der Waals surface area contributed by atoms with Crippen LogP contribution in [-0.4, -0.2) is 47.8 Å². The number of anilines is 2. The number of likely N-dealkylation sites (tertiary alicyclic amines) is 1. The number of nitrogens with zero attached hydrogens (tertiary/aromatic N) is 1. The van der Waals surface area contributed by atoms with Crippen LogP contribution in [0.4, 0.5) is 24.5 Å². The number of carbonyl (C=O) groups is 1. The molecule has 0 spiro atoms. The zero-order valence-corrected chi connectivity index (χ0v) is 16.1. The Morgan fingerprint density at radius 3 is 2.59 bits per heavy atom. The maximum atomic E-state index is 14.5. The van der Waals surface area contributed by atoms with Gasteiger partial charge in [0.2, 0.25) is 0 Å². The highest BCUT2D eigenvalue weighted by Gasteiger charge is 2.44. The van der Waals surface area contributed by atoms with E-state index in [2.05, 4.69) is 10.8 Å². The summed E-state index contributed by atoms with van der Waals surface area (Å²) in [6.07, 6.45) is 0. The van der Waals surface area contributed by atoms with E-state index in [0.29, 0.717) is 12.2 Å². The number of β-amino-alcohol motifs (C(OH)–C–C–N with tert-alkyl or cyclic N) is 1. The van der Waals surface area contributed by atoms with E-state index in [1.807, 2.05) is 0 Å². The molecule has 0 aliphatic carbocycles. The molecule has 3 N–H and O–H groups in total. The predicted molar refractivity (Wildman–Crippen MR) is 101 cm³/mol. The first-order valence-corrected chi connectivity index (χ1v) is 9.11. The van der Waals surface area contributed by atoms with Gasteiger partial charge in [-0.15, -0.1) is 0 Å². The summed E-state index contributed by atoms with van der Waals surface area (Å²) in [5, 5.41) is 12.8. The summed E-state index contributed by atoms with van der Waals surface area (Å²) in [6, 6.07) is 6.19. The van der Waals surface area contributed by atoms with Gasteiger partial charge in [-0.25, -0.2) is 13.2 Å². The fourth-order valence-corrected chi connectivity index (χ4v) is 3.08. The molecule has 9 heteroatoms. The highest BCUT2D eigenvalue weighted by atomic mass is 19.2. The van der Waals surface area contributed by atoms with Gasteiger partial charge in [0.15, 0.2) is 11.6 Å². The molecule has 0 unspecified atom stereocenters. The SMILES string of the molecule is CCONCC1(O)CN(C(=O)c2ccc(F)c(F)c2Nc2ccc(C)cc2F)C1. The molecule has 1 fully saturated rings. The Hall–Kier alpha value is -2.62. The minimum atomic E-state index is -1.29. The Morgan fingerprint density at radius 1 is 1.21 bits per heavy atom. The Kier molecular flexibility index (Phi) is 6.11. The number of halogens is 3. The summed E-state index contributed by atoms with van der Waals surface area (Å²) < 4.78 is 42.4. The molecule has 0 aromatic heterocycles. The molecule has 1 heterocycles. The zero-order chi connectivity index (χ0) is 21.2. The Morgan fingerprint density at radius 2 is 1.93 bits per heavy atom. The van der Waals surface area contributed by atoms with E-state index in [1.54, 1.807) is 19.9 Å². The average molecular weight is 409 g/mol. The van der Waals surface area contributed by atoms with Gasteiger partial charge in [0.25, 0.3) is 5.91 Å². The van der Waals surface area contributed by atoms with Gasteiger partial charge in [-0.1, -0.05) is 6.07 Å². The fourth-order valence-electron chi connectivity index (χ4n) is 3.08. The van der Waals surface area contributed by atoms with Crippen LogP contribution in [0.1, 0.15) is 22.8 Å². The van der Waals surface area contributed by atoms with E-state index < -0.39 is 34.6 Å². The maximum absolute atomic E-state index is 14.5. The summed E-state index contributed by atoms with van der Waals surface area (Å²) in [4.78, 5) is 19.1. The first-order chi connectivity index (χ1) is 13.7. The molecule has 29 heavy (non-hydrogen) atoms. The maximum Gasteiger partial charge on any atom is 0.256 e. The topological polar surface area (TPSA) is 73.8 Å². The minimum Gasteiger partial charge on any atom is -0.385 e. The van der Waals surface area contributed by atoms with Crippen molar-refractivity contribution in [3.63, 3.8) is 0 Å². The van der Waals surface area contributed by atoms with E-state index in [1.165, 1.54) is 17.0 Å². The Balaban J connectivity index is 1.81. The molecule has 0 bridgehead atoms. The second kappa shape index (κ2) is 8.40. The van der Waals surface area contributed by atoms with Crippen LogP contribution < -0.4 is 10.8 Å². The van der Waals surface area contributed by atoms with Gasteiger partial charge in [0.05, 0.1) is 43.2 Å². The number of hydrogen-bond acceptors (Lipinski definition) is 5. The van der Waals surface area contributed by atoms with Gasteiger partial charge in [-0.3, -0.25) is 4.79 Å². The number of aliphatic hydroxyl groups is 1. The molecule has 1 amide bonds. The van der Waals surface area contributed by atoms with Crippen molar-refractivity contribution in [3.05, 3.63) is 58.9 Å². The number of carbonyl (C=O) groups excluding carboxylic acids is 1. The number of hydroxylamine groups is 1. The van der Waals surface area contributed by atoms with Gasteiger partial charge in [0, 0.05) is 0 Å². The minimum absolute atomic E-state index is 0.0107. The summed E-state index contributed by atoms with van der Waals surface area (Å²) in [5.41, 5.74) is 1.36. The molecular weight excluding hydrogens is 387 g/mol. The standard InChI is InChI=1S/C20H22F3N3O3/c1-3-29-24-9-20(28)10-26(11-20)19(27)13-5-6-14(21)17(23)18(13)25-16-7-4-12(2)8-15(16)22/h4-8,24-25,28H,3,9-11H2,1-2H3. The van der Waals surface area contributed by atoms with Crippen molar-refractivity contribution in [3.8, 4) is 0 Å². The lowest BCUT2D eigenvalue weighted by molar-refractivity contribution is -0.104. The Labute approximate surface area is 166 Å². The summed E-state index contributed by atoms with van der Waals surface area (Å²) >= 11 is 0. The number of rotatable bonds is 7. The molecule has 1 aliphatic heterocycles. The number of aryl methyl sites for hydroxylation is 1. The molecule has 3 rings (SSSR count). The summed E-state index contributed by atoms with van der Waals surface area (Å²) in [5.74, 6) is -3.73. The van der Waals surface area contributed by atoms with Crippen LogP contribution in [0.15, 0.2) is 30.3 Å². The van der Waals surface area contributed by atoms with Crippen LogP contribution in [0, 0.1) is 24.4 Å². The lowest BCUT2D eigenvalue weighted by Gasteiger charge is -2.46. The largest absolute Gasteiger partial charge is 0.385 e. The number of amides is 1. The lowest BCUT2D eigenvalue weighted by atomic mass is 9.93. The average Bonchev–Trinajstić information content (AvgIpc) is 2.65. The lowest BCUT2D eigenvalue weighted by Crippen LogP contribution is -2.67. The normalized spacial score (nSPS) is 15.2. The van der Waals surface area contributed by atoms with Crippen molar-refractivity contribution < 1.29 is 27.9 Å². The zero-order valence-electron chi connectivity index (χ0n) is 16.1. The van der Waals surface area contributed by atoms with Gasteiger partial charge in [-0.05, 0) is 43.7 Å². The highest BCUT2D eigenvalue weighted by Crippen LogP contribution is 2.31. The summed E-state index contributed by atoms with van der Waals surface area (Å²) in [6.45, 7) is 3.98. The van der Waals surface area contributed by atoms with E-state index in [-0.39, 0.29) is 30.9 Å². The third-order valence-electron chi connectivity index (χ3n) is 4.61. The van der Waals surface area contributed by atoms with Gasteiger partial charge < -0.3 is 20.2 Å². The van der Waals surface area contributed by atoms with Gasteiger partial charge in [0.1, 0.15) is 11.4 Å². The van der Waals surface area contributed by atoms with E-state index in [9.17, 15) is 23.1 Å². The van der Waals surface area contributed by atoms with Gasteiger partial charge >= 0.3 is 0 Å². The van der Waals surface area contributed by atoms with E-state index in [0.717, 1.165) is 12.1 Å². The predicted octanol–water partition coefficient (Wildman–Crippen LogP) is 2.88. The first-order valence-electron chi connectivity index (χ1n) is 9.11. The first kappa shape index (κ1) is 21.1. The molecule has 0 radical (unpaired) electrons. The van der Waals surface area contributed by atoms with Crippen molar-refractivity contribution in [1.82, 2.24) is 10.4 Å². The smallest absolute Gasteiger partial charge is 0.256 e. The van der Waals surface area contributed by atoms with E-state index >= 15 is 0 Å². The summed E-state index contributed by atoms with van der Waals surface area (Å²) in [7, 11) is 0. The van der Waals surface area contributed by atoms with Crippen molar-refractivity contribution in [2.45, 2.75) is 19.4 Å². The fraction of sp³-hybridized carbons (Fsp3) is 0.350. The molecule has 0 atom stereocenters. The van der Waals surface area contributed by atoms with Crippen LogP contribution in [0.2, 0.25) is 0 Å². The second-order valence-corrected chi connectivity index (χ2v) is 7.03. The molecule has 1 aliphatic rings. The van der Waals surface area contributed by atoms with Crippen LogP contribution in [0.25, 0.3) is 0 Å². The number of hydrogen-bond donors (Lipinski definition) is 3. The molecule has 156 valence electrons.